The van der Waals surface area contributed by atoms with E-state index < -0.39 is 23.8 Å². The van der Waals surface area contributed by atoms with Gasteiger partial charge in [0.1, 0.15) is 17.1 Å². The molecule has 292 valence electrons. The SMILES string of the molecule is COc1cc2nn(C3CCC(CNC[C@@H]4CCCN4c4cccc5c(N6CCC(=O)NC6=O)cncc45)CC3)cc2cc1NC(=O)c1cccc(C(F)(F)F)n1. The number of imide groups is 1. The van der Waals surface area contributed by atoms with Crippen LogP contribution in [0.15, 0.2) is 67.1 Å². The zero-order chi connectivity index (χ0) is 39.0. The fourth-order valence-electron chi connectivity index (χ4n) is 8.29. The van der Waals surface area contributed by atoms with Gasteiger partial charge < -0.3 is 20.3 Å². The topological polar surface area (TPSA) is 147 Å². The highest BCUT2D eigenvalue weighted by molar-refractivity contribution is 6.11. The van der Waals surface area contributed by atoms with Gasteiger partial charge in [0.05, 0.1) is 36.2 Å². The van der Waals surface area contributed by atoms with Gasteiger partial charge in [0.25, 0.3) is 5.91 Å². The number of carbonyl (C=O) groups excluding carboxylic acids is 3. The third kappa shape index (κ3) is 7.57. The predicted octanol–water partition coefficient (Wildman–Crippen LogP) is 6.70. The average molecular weight is 770 g/mol. The monoisotopic (exact) mass is 769 g/mol. The van der Waals surface area contributed by atoms with Crippen LogP contribution in [0.25, 0.3) is 21.7 Å². The number of pyridine rings is 2. The molecule has 2 saturated heterocycles. The molecule has 56 heavy (non-hydrogen) atoms. The van der Waals surface area contributed by atoms with E-state index in [9.17, 15) is 27.6 Å². The van der Waals surface area contributed by atoms with Gasteiger partial charge >= 0.3 is 12.2 Å². The minimum absolute atomic E-state index is 0.212. The maximum Gasteiger partial charge on any atom is 0.433 e. The summed E-state index contributed by atoms with van der Waals surface area (Å²) >= 11 is 0. The van der Waals surface area contributed by atoms with Crippen LogP contribution in [-0.2, 0) is 11.0 Å². The van der Waals surface area contributed by atoms with Crippen molar-refractivity contribution >= 4 is 56.6 Å². The number of alkyl halides is 3. The lowest BCUT2D eigenvalue weighted by molar-refractivity contribution is -0.141. The van der Waals surface area contributed by atoms with Crippen LogP contribution in [-0.4, -0.2) is 76.9 Å². The second-order valence-corrected chi connectivity index (χ2v) is 14.7. The molecule has 13 nitrogen and oxygen atoms in total. The van der Waals surface area contributed by atoms with Crippen molar-refractivity contribution in [3.8, 4) is 5.75 Å². The summed E-state index contributed by atoms with van der Waals surface area (Å²) < 4.78 is 47.0. The largest absolute Gasteiger partial charge is 0.494 e. The number of benzene rings is 2. The number of fused-ring (bicyclic) bond motifs is 2. The number of amides is 4. The molecule has 8 rings (SSSR count). The summed E-state index contributed by atoms with van der Waals surface area (Å²) in [4.78, 5) is 49.3. The number of rotatable bonds is 10. The van der Waals surface area contributed by atoms with Crippen molar-refractivity contribution in [2.45, 2.75) is 63.2 Å². The minimum atomic E-state index is -4.67. The van der Waals surface area contributed by atoms with E-state index in [1.807, 2.05) is 29.2 Å². The van der Waals surface area contributed by atoms with Gasteiger partial charge in [-0.15, -0.1) is 0 Å². The first-order chi connectivity index (χ1) is 27.1. The van der Waals surface area contributed by atoms with Crippen LogP contribution in [0.1, 0.15) is 67.2 Å². The predicted molar refractivity (Wildman–Crippen MR) is 205 cm³/mol. The Hall–Kier alpha value is -5.77. The van der Waals surface area contributed by atoms with Gasteiger partial charge in [-0.3, -0.25) is 29.5 Å². The molecular weight excluding hydrogens is 727 g/mol. The lowest BCUT2D eigenvalue weighted by Gasteiger charge is -2.32. The van der Waals surface area contributed by atoms with Gasteiger partial charge in [-0.05, 0) is 75.3 Å². The number of ether oxygens (including phenoxy) is 1. The molecule has 0 radical (unpaired) electrons. The third-order valence-corrected chi connectivity index (χ3v) is 11.2. The van der Waals surface area contributed by atoms with Gasteiger partial charge in [-0.25, -0.2) is 9.78 Å². The summed E-state index contributed by atoms with van der Waals surface area (Å²) in [6.45, 7) is 3.03. The Bertz CT molecular complexity index is 2290. The summed E-state index contributed by atoms with van der Waals surface area (Å²) in [6.07, 6.45) is 7.26. The number of nitrogens with one attached hydrogen (secondary N) is 3. The average Bonchev–Trinajstić information content (AvgIpc) is 3.84. The summed E-state index contributed by atoms with van der Waals surface area (Å²) in [7, 11) is 1.45. The van der Waals surface area contributed by atoms with E-state index in [0.29, 0.717) is 41.1 Å². The Morgan fingerprint density at radius 1 is 0.964 bits per heavy atom. The van der Waals surface area contributed by atoms with Gasteiger partial charge in [0.2, 0.25) is 5.91 Å². The van der Waals surface area contributed by atoms with Crippen LogP contribution in [0, 0.1) is 5.92 Å². The number of hydrogen-bond acceptors (Lipinski definition) is 9. The highest BCUT2D eigenvalue weighted by Gasteiger charge is 2.33. The second-order valence-electron chi connectivity index (χ2n) is 14.7. The molecule has 2 aromatic carbocycles. The van der Waals surface area contributed by atoms with Crippen LogP contribution < -0.4 is 30.5 Å². The third-order valence-electron chi connectivity index (χ3n) is 11.2. The first-order valence-corrected chi connectivity index (χ1v) is 18.9. The number of halogens is 3. The molecule has 1 atom stereocenters. The van der Waals surface area contributed by atoms with E-state index in [4.69, 9.17) is 9.84 Å². The molecule has 3 N–H and O–H groups in total. The molecule has 5 heterocycles. The van der Waals surface area contributed by atoms with Crippen LogP contribution >= 0.6 is 0 Å². The van der Waals surface area contributed by atoms with Crippen LogP contribution in [0.4, 0.5) is 35.0 Å². The zero-order valence-corrected chi connectivity index (χ0v) is 30.8. The molecule has 4 amide bonds. The van der Waals surface area contributed by atoms with E-state index in [1.54, 1.807) is 23.2 Å². The van der Waals surface area contributed by atoms with Crippen LogP contribution in [0.2, 0.25) is 0 Å². The van der Waals surface area contributed by atoms with Crippen molar-refractivity contribution in [1.29, 1.82) is 0 Å². The Labute approximate surface area is 320 Å². The Balaban J connectivity index is 0.870. The highest BCUT2D eigenvalue weighted by atomic mass is 19.4. The number of urea groups is 1. The van der Waals surface area contributed by atoms with Crippen molar-refractivity contribution < 1.29 is 32.3 Å². The number of carbonyl (C=O) groups is 3. The molecule has 1 aliphatic carbocycles. The quantitative estimate of drug-likeness (QED) is 0.141. The molecule has 0 spiro atoms. The number of anilines is 3. The van der Waals surface area contributed by atoms with E-state index in [1.165, 1.54) is 13.2 Å². The Morgan fingerprint density at radius 2 is 1.79 bits per heavy atom. The fraction of sp³-hybridized carbons (Fsp3) is 0.400. The summed E-state index contributed by atoms with van der Waals surface area (Å²) in [5.41, 5.74) is 1.30. The van der Waals surface area contributed by atoms with Gasteiger partial charge in [0, 0.05) is 72.4 Å². The van der Waals surface area contributed by atoms with E-state index in [-0.39, 0.29) is 24.1 Å². The molecule has 16 heteroatoms. The van der Waals surface area contributed by atoms with Gasteiger partial charge in [-0.1, -0.05) is 18.2 Å². The normalized spacial score (nSPS) is 20.5. The second kappa shape index (κ2) is 15.4. The molecule has 3 fully saturated rings. The van der Waals surface area contributed by atoms with Crippen molar-refractivity contribution in [3.05, 3.63) is 78.5 Å². The number of hydrogen-bond donors (Lipinski definition) is 3. The molecule has 0 bridgehead atoms. The van der Waals surface area contributed by atoms with E-state index >= 15 is 0 Å². The summed E-state index contributed by atoms with van der Waals surface area (Å²) in [5.74, 6) is -0.176. The number of nitrogens with zero attached hydrogens (tertiary/aromatic N) is 6. The molecule has 3 aliphatic rings. The molecule has 5 aromatic rings. The Morgan fingerprint density at radius 3 is 2.57 bits per heavy atom. The smallest absolute Gasteiger partial charge is 0.433 e. The number of methoxy groups -OCH3 is 1. The maximum atomic E-state index is 13.2. The van der Waals surface area contributed by atoms with Crippen molar-refractivity contribution in [3.63, 3.8) is 0 Å². The van der Waals surface area contributed by atoms with E-state index in [2.05, 4.69) is 36.9 Å². The first kappa shape index (κ1) is 37.2. The summed E-state index contributed by atoms with van der Waals surface area (Å²) in [5, 5.41) is 16.3. The minimum Gasteiger partial charge on any atom is -0.494 e. The lowest BCUT2D eigenvalue weighted by atomic mass is 9.86. The maximum absolute atomic E-state index is 13.2. The molecule has 1 saturated carbocycles. The molecule has 2 aliphatic heterocycles. The number of aromatic nitrogens is 4. The van der Waals surface area contributed by atoms with Crippen molar-refractivity contribution in [2.24, 2.45) is 5.92 Å². The van der Waals surface area contributed by atoms with E-state index in [0.717, 1.165) is 92.1 Å². The zero-order valence-electron chi connectivity index (χ0n) is 30.8. The Kier molecular flexibility index (Phi) is 10.2. The van der Waals surface area contributed by atoms with Crippen molar-refractivity contribution in [1.82, 2.24) is 30.4 Å². The lowest BCUT2D eigenvalue weighted by Crippen LogP contribution is -2.49. The van der Waals surface area contributed by atoms with Crippen LogP contribution in [0.5, 0.6) is 5.75 Å². The summed E-state index contributed by atoms with van der Waals surface area (Å²) in [6, 6.07) is 12.9. The first-order valence-electron chi connectivity index (χ1n) is 18.9. The van der Waals surface area contributed by atoms with Crippen molar-refractivity contribution in [2.75, 3.05) is 48.4 Å². The molecule has 0 unspecified atom stereocenters. The van der Waals surface area contributed by atoms with Gasteiger partial charge in [0.15, 0.2) is 0 Å². The van der Waals surface area contributed by atoms with Gasteiger partial charge in [-0.2, -0.15) is 18.3 Å². The highest BCUT2D eigenvalue weighted by Crippen LogP contribution is 2.38. The van der Waals surface area contributed by atoms with Crippen LogP contribution in [0.3, 0.4) is 0 Å². The fourth-order valence-corrected chi connectivity index (χ4v) is 8.29. The standard InChI is InChI=1S/C40H42F3N9O4/c1-56-35-18-31-25(17-32(35)47-38(54)30-7-3-9-36(46-30)40(41,42)43)23-52(49-31)26-12-10-24(11-13-26)19-44-20-27-5-4-15-50(27)33-8-2-6-28-29(33)21-45-22-34(28)51-16-14-37(53)48-39(51)55/h2-3,6-9,17-18,21-24,26-27,44H,4-5,10-16,19-20H2,1H3,(H,47,54)(H,48,53,55)/t24?,26?,27-/m0/s1. The molecular formula is C40H42F3N9O4. The molecule has 3 aromatic heterocycles.